The van der Waals surface area contributed by atoms with E-state index in [1.54, 1.807) is 6.20 Å². The van der Waals surface area contributed by atoms with E-state index in [9.17, 15) is 0 Å². The summed E-state index contributed by atoms with van der Waals surface area (Å²) in [7, 11) is 0. The van der Waals surface area contributed by atoms with Crippen LogP contribution in [0.5, 0.6) is 0 Å². The van der Waals surface area contributed by atoms with E-state index < -0.39 is 0 Å². The third-order valence-electron chi connectivity index (χ3n) is 4.67. The minimum absolute atomic E-state index is 0.412. The molecule has 3 aromatic heterocycles. The molecule has 1 saturated heterocycles. The Morgan fingerprint density at radius 1 is 1.00 bits per heavy atom. The normalized spacial score (nSPS) is 14.1. The Labute approximate surface area is 155 Å². The van der Waals surface area contributed by atoms with Crippen molar-refractivity contribution in [3.8, 4) is 5.69 Å². The van der Waals surface area contributed by atoms with Gasteiger partial charge in [0.05, 0.1) is 5.69 Å². The van der Waals surface area contributed by atoms with Gasteiger partial charge in [0.15, 0.2) is 11.6 Å². The van der Waals surface area contributed by atoms with E-state index in [2.05, 4.69) is 47.7 Å². The zero-order valence-corrected chi connectivity index (χ0v) is 14.6. The van der Waals surface area contributed by atoms with Crippen LogP contribution in [0.25, 0.3) is 17.0 Å². The Morgan fingerprint density at radius 2 is 1.78 bits per heavy atom. The van der Waals surface area contributed by atoms with Gasteiger partial charge in [0, 0.05) is 32.0 Å². The minimum atomic E-state index is 0.412. The van der Waals surface area contributed by atoms with Gasteiger partial charge in [-0.15, -0.1) is 0 Å². The molecule has 4 heterocycles. The van der Waals surface area contributed by atoms with Crippen LogP contribution in [0.2, 0.25) is 0 Å². The Morgan fingerprint density at radius 3 is 2.52 bits per heavy atom. The van der Waals surface area contributed by atoms with E-state index in [-0.39, 0.29) is 0 Å². The van der Waals surface area contributed by atoms with Crippen molar-refractivity contribution in [3.63, 3.8) is 0 Å². The van der Waals surface area contributed by atoms with Gasteiger partial charge in [-0.05, 0) is 46.9 Å². The first kappa shape index (κ1) is 15.7. The highest BCUT2D eigenvalue weighted by molar-refractivity contribution is 5.74. The predicted molar refractivity (Wildman–Crippen MR) is 99.7 cm³/mol. The second-order valence-corrected chi connectivity index (χ2v) is 6.47. The van der Waals surface area contributed by atoms with Gasteiger partial charge in [-0.3, -0.25) is 0 Å². The maximum absolute atomic E-state index is 4.77. The summed E-state index contributed by atoms with van der Waals surface area (Å²) in [5.74, 6) is 1.51. The van der Waals surface area contributed by atoms with Gasteiger partial charge >= 0.3 is 0 Å². The smallest absolute Gasteiger partial charge is 0.245 e. The summed E-state index contributed by atoms with van der Waals surface area (Å²) in [4.78, 5) is 11.4. The van der Waals surface area contributed by atoms with E-state index in [1.807, 2.05) is 29.1 Å². The van der Waals surface area contributed by atoms with Crippen molar-refractivity contribution >= 4 is 22.9 Å². The van der Waals surface area contributed by atoms with E-state index >= 15 is 0 Å². The van der Waals surface area contributed by atoms with Gasteiger partial charge in [0.25, 0.3) is 0 Å². The molecular weight excluding hydrogens is 344 g/mol. The molecule has 0 spiro atoms. The van der Waals surface area contributed by atoms with Crippen LogP contribution in [0.15, 0.2) is 47.4 Å². The summed E-state index contributed by atoms with van der Waals surface area (Å²) in [5, 5.41) is 15.3. The van der Waals surface area contributed by atoms with Gasteiger partial charge < -0.3 is 10.2 Å². The van der Waals surface area contributed by atoms with Crippen LogP contribution in [0, 0.1) is 0 Å². The van der Waals surface area contributed by atoms with Crippen LogP contribution in [0.3, 0.4) is 0 Å². The number of anilines is 2. The molecule has 1 aliphatic rings. The molecule has 9 heteroatoms. The van der Waals surface area contributed by atoms with Crippen LogP contribution in [0.1, 0.15) is 18.4 Å². The zero-order valence-electron chi connectivity index (χ0n) is 14.6. The molecule has 0 bridgehead atoms. The number of fused-ring (bicyclic) bond motifs is 1. The van der Waals surface area contributed by atoms with Crippen molar-refractivity contribution in [1.82, 2.24) is 30.1 Å². The lowest BCUT2D eigenvalue weighted by atomic mass is 10.2. The summed E-state index contributed by atoms with van der Waals surface area (Å²) in [5.41, 5.74) is 3.01. The highest BCUT2D eigenvalue weighted by Gasteiger charge is 2.21. The van der Waals surface area contributed by atoms with E-state index in [0.717, 1.165) is 43.0 Å². The first-order valence-corrected chi connectivity index (χ1v) is 8.95. The van der Waals surface area contributed by atoms with Gasteiger partial charge in [-0.2, -0.15) is 5.10 Å². The second-order valence-electron chi connectivity index (χ2n) is 6.47. The average Bonchev–Trinajstić information content (AvgIpc) is 3.48. The molecule has 1 fully saturated rings. The van der Waals surface area contributed by atoms with Crippen molar-refractivity contribution in [2.45, 2.75) is 19.4 Å². The molecule has 0 amide bonds. The lowest BCUT2D eigenvalue weighted by Crippen LogP contribution is -2.21. The molecule has 0 radical (unpaired) electrons. The number of aromatic nitrogens is 6. The van der Waals surface area contributed by atoms with Crippen LogP contribution in [-0.2, 0) is 6.54 Å². The Hall–Kier alpha value is -3.49. The number of hydrogen-bond acceptors (Lipinski definition) is 8. The fourth-order valence-electron chi connectivity index (χ4n) is 3.27. The minimum Gasteiger partial charge on any atom is -0.363 e. The quantitative estimate of drug-likeness (QED) is 0.578. The molecule has 0 unspecified atom stereocenters. The molecule has 5 rings (SSSR count). The fourth-order valence-corrected chi connectivity index (χ4v) is 3.27. The van der Waals surface area contributed by atoms with Crippen LogP contribution < -0.4 is 10.2 Å². The van der Waals surface area contributed by atoms with Crippen LogP contribution in [-0.4, -0.2) is 43.2 Å². The van der Waals surface area contributed by atoms with Crippen LogP contribution in [0.4, 0.5) is 11.6 Å². The molecule has 0 atom stereocenters. The zero-order chi connectivity index (χ0) is 18.1. The van der Waals surface area contributed by atoms with Gasteiger partial charge in [-0.25, -0.2) is 19.3 Å². The summed E-state index contributed by atoms with van der Waals surface area (Å²) in [6.07, 6.45) is 6.01. The maximum Gasteiger partial charge on any atom is 0.245 e. The summed E-state index contributed by atoms with van der Waals surface area (Å²) in [6, 6.07) is 10.1. The number of rotatable bonds is 5. The first-order chi connectivity index (χ1) is 13.4. The first-order valence-electron chi connectivity index (χ1n) is 8.95. The van der Waals surface area contributed by atoms with Gasteiger partial charge in [-0.1, -0.05) is 12.1 Å². The fraction of sp³-hybridized carbons (Fsp3) is 0.278. The monoisotopic (exact) mass is 362 g/mol. The van der Waals surface area contributed by atoms with Gasteiger partial charge in [0.2, 0.25) is 11.3 Å². The topological polar surface area (TPSA) is 97.8 Å². The van der Waals surface area contributed by atoms with E-state index in [0.29, 0.717) is 23.7 Å². The van der Waals surface area contributed by atoms with Crippen molar-refractivity contribution in [1.29, 1.82) is 0 Å². The van der Waals surface area contributed by atoms with Crippen molar-refractivity contribution in [2.75, 3.05) is 23.3 Å². The SMILES string of the molecule is c1cnn(-c2ccc(CNc3nc4nonc4nc3N3CCCC3)cc2)c1. The highest BCUT2D eigenvalue weighted by Crippen LogP contribution is 2.27. The largest absolute Gasteiger partial charge is 0.363 e. The number of benzene rings is 1. The second kappa shape index (κ2) is 6.67. The summed E-state index contributed by atoms with van der Waals surface area (Å²) < 4.78 is 6.60. The Balaban J connectivity index is 1.38. The lowest BCUT2D eigenvalue weighted by Gasteiger charge is -2.19. The Bertz CT molecular complexity index is 1040. The van der Waals surface area contributed by atoms with Gasteiger partial charge in [0.1, 0.15) is 0 Å². The highest BCUT2D eigenvalue weighted by atomic mass is 16.6. The average molecular weight is 362 g/mol. The lowest BCUT2D eigenvalue weighted by molar-refractivity contribution is 0.314. The van der Waals surface area contributed by atoms with E-state index in [1.165, 1.54) is 0 Å². The van der Waals surface area contributed by atoms with Crippen molar-refractivity contribution in [2.24, 2.45) is 0 Å². The van der Waals surface area contributed by atoms with Crippen molar-refractivity contribution < 1.29 is 4.63 Å². The Kier molecular flexibility index (Phi) is 3.89. The number of hydrogen-bond donors (Lipinski definition) is 1. The summed E-state index contributed by atoms with van der Waals surface area (Å²) >= 11 is 0. The molecular formula is C18H18N8O. The van der Waals surface area contributed by atoms with E-state index in [4.69, 9.17) is 4.63 Å². The van der Waals surface area contributed by atoms with Crippen molar-refractivity contribution in [3.05, 3.63) is 48.3 Å². The number of nitrogens with zero attached hydrogens (tertiary/aromatic N) is 7. The molecule has 4 aromatic rings. The third-order valence-corrected chi connectivity index (χ3v) is 4.67. The maximum atomic E-state index is 4.77. The summed E-state index contributed by atoms with van der Waals surface area (Å²) in [6.45, 7) is 2.57. The molecule has 136 valence electrons. The number of nitrogens with one attached hydrogen (secondary N) is 1. The van der Waals surface area contributed by atoms with Crippen LogP contribution >= 0.6 is 0 Å². The molecule has 27 heavy (non-hydrogen) atoms. The molecule has 1 N–H and O–H groups in total. The molecule has 1 aliphatic heterocycles. The third kappa shape index (κ3) is 3.07. The standard InChI is InChI=1S/C18H18N8O/c1-2-10-25(9-1)18-17(21-15-16(22-18)24-27-23-15)19-12-13-4-6-14(7-5-13)26-11-3-8-20-26/h3-8,11H,1-2,9-10,12H2,(H,19,21,23). The molecule has 0 aliphatic carbocycles. The predicted octanol–water partition coefficient (Wildman–Crippen LogP) is 2.41. The molecule has 1 aromatic carbocycles. The molecule has 9 nitrogen and oxygen atoms in total. The molecule has 0 saturated carbocycles.